The van der Waals surface area contributed by atoms with Gasteiger partial charge in [-0.15, -0.1) is 0 Å². The number of nitrogens with zero attached hydrogens (tertiary/aromatic N) is 1. The highest BCUT2D eigenvalue weighted by atomic mass is 19.1. The number of ether oxygens (including phenoxy) is 1. The fourth-order valence-corrected chi connectivity index (χ4v) is 8.22. The average molecular weight is 546 g/mol. The third-order valence-corrected chi connectivity index (χ3v) is 11.4. The number of carbonyl (C=O) groups is 2. The van der Waals surface area contributed by atoms with Crippen LogP contribution in [-0.2, 0) is 14.3 Å². The van der Waals surface area contributed by atoms with Crippen LogP contribution in [0.3, 0.4) is 0 Å². The number of halogens is 1. The topological polar surface area (TPSA) is 67.2 Å². The maximum atomic E-state index is 13.1. The number of hydrogen-bond acceptors (Lipinski definition) is 4. The molecule has 0 bridgehead atoms. The van der Waals surface area contributed by atoms with Gasteiger partial charge in [0.1, 0.15) is 11.9 Å². The Morgan fingerprint density at radius 1 is 1.13 bits per heavy atom. The van der Waals surface area contributed by atoms with E-state index in [2.05, 4.69) is 61.5 Å². The first-order valence-corrected chi connectivity index (χ1v) is 15.2. The van der Waals surface area contributed by atoms with Gasteiger partial charge in [-0.25, -0.2) is 4.39 Å². The number of alkyl halides is 1. The van der Waals surface area contributed by atoms with Crippen molar-refractivity contribution in [3.05, 3.63) is 11.6 Å². The van der Waals surface area contributed by atoms with E-state index in [4.69, 9.17) is 4.74 Å². The van der Waals surface area contributed by atoms with E-state index < -0.39 is 12.3 Å². The van der Waals surface area contributed by atoms with Gasteiger partial charge in [0.15, 0.2) is 12.6 Å². The van der Waals surface area contributed by atoms with Gasteiger partial charge in [-0.3, -0.25) is 4.79 Å². The Morgan fingerprint density at radius 2 is 1.74 bits per heavy atom. The maximum Gasteiger partial charge on any atom is 0.188 e. The van der Waals surface area contributed by atoms with Crippen LogP contribution in [0.25, 0.3) is 0 Å². The molecule has 1 fully saturated rings. The quantitative estimate of drug-likeness (QED) is 0.218. The predicted molar refractivity (Wildman–Crippen MR) is 157 cm³/mol. The molecule has 0 N–H and O–H groups in total. The van der Waals surface area contributed by atoms with Crippen molar-refractivity contribution >= 4 is 11.6 Å². The Bertz CT molecular complexity index is 962. The average Bonchev–Trinajstić information content (AvgIpc) is 2.85. The maximum absolute atomic E-state index is 13.1. The third-order valence-electron chi connectivity index (χ3n) is 11.4. The Balaban J connectivity index is 2.42. The van der Waals surface area contributed by atoms with Crippen molar-refractivity contribution in [2.45, 2.75) is 127 Å². The van der Waals surface area contributed by atoms with Gasteiger partial charge in [0.25, 0.3) is 0 Å². The minimum absolute atomic E-state index is 0.0204. The van der Waals surface area contributed by atoms with Gasteiger partial charge in [-0.1, -0.05) is 74.8 Å². The Labute approximate surface area is 238 Å². The first-order valence-electron chi connectivity index (χ1n) is 15.2. The molecule has 5 heteroatoms. The second kappa shape index (κ2) is 12.5. The molecule has 222 valence electrons. The molecular formula is C34H56FNO3. The van der Waals surface area contributed by atoms with Crippen LogP contribution in [0.1, 0.15) is 127 Å². The summed E-state index contributed by atoms with van der Waals surface area (Å²) in [5, 5.41) is 9.78. The van der Waals surface area contributed by atoms with Crippen LogP contribution in [0.2, 0.25) is 0 Å². The highest BCUT2D eigenvalue weighted by Gasteiger charge is 2.60. The number of fused-ring (bicyclic) bond motifs is 1. The number of allylic oxidation sites excluding steroid dienone is 2. The second-order valence-corrected chi connectivity index (χ2v) is 15.3. The molecular weight excluding hydrogens is 489 g/mol. The molecule has 2 aliphatic carbocycles. The molecule has 0 saturated heterocycles. The molecule has 0 aliphatic heterocycles. The molecule has 0 aromatic rings. The molecule has 0 aromatic carbocycles. The van der Waals surface area contributed by atoms with E-state index in [1.165, 1.54) is 6.42 Å². The van der Waals surface area contributed by atoms with Crippen molar-refractivity contribution in [2.75, 3.05) is 13.5 Å². The number of ketones is 2. The summed E-state index contributed by atoms with van der Waals surface area (Å²) in [6, 6.07) is 2.16. The Morgan fingerprint density at radius 3 is 2.28 bits per heavy atom. The zero-order valence-electron chi connectivity index (χ0n) is 26.6. The van der Waals surface area contributed by atoms with Crippen LogP contribution in [0.15, 0.2) is 11.6 Å². The van der Waals surface area contributed by atoms with E-state index in [9.17, 15) is 19.2 Å². The summed E-state index contributed by atoms with van der Waals surface area (Å²) in [6.07, 6.45) is 10.4. The van der Waals surface area contributed by atoms with Crippen LogP contribution in [0.5, 0.6) is 0 Å². The highest BCUT2D eigenvalue weighted by Crippen LogP contribution is 2.66. The molecule has 6 atom stereocenters. The van der Waals surface area contributed by atoms with E-state index in [1.54, 1.807) is 6.92 Å². The van der Waals surface area contributed by atoms with E-state index in [0.29, 0.717) is 13.0 Å². The Kier molecular flexibility index (Phi) is 10.8. The summed E-state index contributed by atoms with van der Waals surface area (Å²) in [5.41, 5.74) is -0.345. The number of Topliss-reactive ketones (excluding diaryl/α,β-unsaturated/α-hetero) is 2. The van der Waals surface area contributed by atoms with Gasteiger partial charge >= 0.3 is 0 Å². The number of rotatable bonds is 14. The van der Waals surface area contributed by atoms with Crippen LogP contribution in [0, 0.1) is 56.2 Å². The first kappa shape index (κ1) is 33.7. The summed E-state index contributed by atoms with van der Waals surface area (Å²) >= 11 is 0. The van der Waals surface area contributed by atoms with Crippen LogP contribution >= 0.6 is 0 Å². The fourth-order valence-electron chi connectivity index (χ4n) is 8.22. The molecule has 0 unspecified atom stereocenters. The van der Waals surface area contributed by atoms with Gasteiger partial charge < -0.3 is 9.53 Å². The molecule has 0 radical (unpaired) electrons. The van der Waals surface area contributed by atoms with Crippen molar-refractivity contribution in [3.8, 4) is 6.07 Å². The summed E-state index contributed by atoms with van der Waals surface area (Å²) in [7, 11) is 0. The lowest BCUT2D eigenvalue weighted by atomic mass is 9.41. The normalized spacial score (nSPS) is 31.2. The van der Waals surface area contributed by atoms with Crippen molar-refractivity contribution in [3.63, 3.8) is 0 Å². The monoisotopic (exact) mass is 545 g/mol. The molecule has 0 aromatic heterocycles. The number of carbonyl (C=O) groups excluding carboxylic acids is 2. The molecule has 0 spiro atoms. The fraction of sp³-hybridized carbons (Fsp3) is 0.853. The molecule has 39 heavy (non-hydrogen) atoms. The highest BCUT2D eigenvalue weighted by molar-refractivity contribution is 6.01. The predicted octanol–water partition coefficient (Wildman–Crippen LogP) is 9.04. The second-order valence-electron chi connectivity index (χ2n) is 15.3. The van der Waals surface area contributed by atoms with Crippen LogP contribution < -0.4 is 0 Å². The largest absolute Gasteiger partial charge is 0.350 e. The minimum Gasteiger partial charge on any atom is -0.350 e. The molecule has 2 aliphatic rings. The summed E-state index contributed by atoms with van der Waals surface area (Å²) in [6.45, 7) is 21.6. The standard InChI is InChI=1S/C34H56FNO3/c1-11-13-30(4,5)15-17-32(8,22-39-23-35)18-16-31(6,7)34(10)14-12-27-25(3)29(38)26(21-36)20-33(27,9)28(34)19-24(2)37/h20,25,27-28H,11-19,22-23H2,1-10H3/t25-,27-,28+,32-,33-,34+/m0/s1. The zero-order chi connectivity index (χ0) is 29.9. The lowest BCUT2D eigenvalue weighted by Gasteiger charge is -2.62. The molecule has 0 heterocycles. The van der Waals surface area contributed by atoms with Gasteiger partial charge in [0.2, 0.25) is 0 Å². The van der Waals surface area contributed by atoms with Crippen molar-refractivity contribution in [2.24, 2.45) is 44.8 Å². The van der Waals surface area contributed by atoms with E-state index in [1.807, 2.05) is 13.0 Å². The summed E-state index contributed by atoms with van der Waals surface area (Å²) in [4.78, 5) is 25.6. The lowest BCUT2D eigenvalue weighted by Crippen LogP contribution is -2.57. The zero-order valence-corrected chi connectivity index (χ0v) is 26.6. The minimum atomic E-state index is -0.764. The molecule has 1 saturated carbocycles. The number of hydrogen-bond donors (Lipinski definition) is 0. The van der Waals surface area contributed by atoms with E-state index in [-0.39, 0.29) is 56.6 Å². The van der Waals surface area contributed by atoms with Crippen molar-refractivity contribution in [1.29, 1.82) is 5.26 Å². The smallest absolute Gasteiger partial charge is 0.188 e. The van der Waals surface area contributed by atoms with Gasteiger partial charge in [0, 0.05) is 12.3 Å². The Hall–Kier alpha value is -1.54. The van der Waals surface area contributed by atoms with Crippen LogP contribution in [0.4, 0.5) is 4.39 Å². The van der Waals surface area contributed by atoms with E-state index >= 15 is 0 Å². The van der Waals surface area contributed by atoms with Crippen molar-refractivity contribution in [1.82, 2.24) is 0 Å². The van der Waals surface area contributed by atoms with E-state index in [0.717, 1.165) is 44.9 Å². The summed E-state index contributed by atoms with van der Waals surface area (Å²) in [5.74, 6) is 0.0226. The number of nitriles is 1. The first-order chi connectivity index (χ1) is 17.9. The van der Waals surface area contributed by atoms with Gasteiger partial charge in [-0.05, 0) is 90.8 Å². The third kappa shape index (κ3) is 7.22. The van der Waals surface area contributed by atoms with Crippen LogP contribution in [-0.4, -0.2) is 25.0 Å². The lowest BCUT2D eigenvalue weighted by molar-refractivity contribution is -0.145. The molecule has 4 nitrogen and oxygen atoms in total. The molecule has 0 amide bonds. The SMILES string of the molecule is CCCC(C)(C)CC[C@@](C)(CCC(C)(C)[C@]1(C)CC[C@H]2[C@H](C)C(=O)C(C#N)=C[C@]2(C)[C@H]1CC(C)=O)COCF. The molecule has 2 rings (SSSR count). The van der Waals surface area contributed by atoms with Crippen molar-refractivity contribution < 1.29 is 18.7 Å². The summed E-state index contributed by atoms with van der Waals surface area (Å²) < 4.78 is 18.5. The van der Waals surface area contributed by atoms with Gasteiger partial charge in [-0.2, -0.15) is 5.26 Å². The van der Waals surface area contributed by atoms with Gasteiger partial charge in [0.05, 0.1) is 12.2 Å².